The molecule has 0 aliphatic carbocycles. The number of thioether (sulfide) groups is 1. The molecule has 2 bridgehead atoms. The molecular formula is C20H28N4S. The molecule has 0 unspecified atom stereocenters. The largest absolute Gasteiger partial charge is 0.348 e. The van der Waals surface area contributed by atoms with Gasteiger partial charge in [0.15, 0.2) is 0 Å². The van der Waals surface area contributed by atoms with Gasteiger partial charge in [0, 0.05) is 49.4 Å². The molecule has 5 rings (SSSR count). The van der Waals surface area contributed by atoms with Crippen LogP contribution in [-0.2, 0) is 13.1 Å². The number of benzene rings is 1. The van der Waals surface area contributed by atoms with Crippen molar-refractivity contribution >= 4 is 11.8 Å². The summed E-state index contributed by atoms with van der Waals surface area (Å²) in [6, 6.07) is 9.56. The Balaban J connectivity index is 1.47. The Hall–Kier alpha value is -1.30. The number of nitrogens with zero attached hydrogens (tertiary/aromatic N) is 3. The van der Waals surface area contributed by atoms with Crippen molar-refractivity contribution in [3.63, 3.8) is 0 Å². The van der Waals surface area contributed by atoms with Crippen LogP contribution in [0.1, 0.15) is 29.8 Å². The average molecular weight is 357 g/mol. The summed E-state index contributed by atoms with van der Waals surface area (Å²) in [5.74, 6) is 0.791. The van der Waals surface area contributed by atoms with Crippen LogP contribution in [0.3, 0.4) is 0 Å². The van der Waals surface area contributed by atoms with Crippen molar-refractivity contribution in [3.05, 3.63) is 47.5 Å². The number of hydrogen-bond acceptors (Lipinski definition) is 4. The minimum atomic E-state index is 0.674. The SMILES string of the molecule is CSc1ccccc1CN1C[C@H]2CC[C@@H]1CN(Cc1nc[nH]c1C)C2. The molecule has 1 aromatic heterocycles. The van der Waals surface area contributed by atoms with Gasteiger partial charge in [-0.3, -0.25) is 9.80 Å². The van der Waals surface area contributed by atoms with Gasteiger partial charge in [-0.1, -0.05) is 18.2 Å². The van der Waals surface area contributed by atoms with E-state index in [1.54, 1.807) is 0 Å². The Morgan fingerprint density at radius 1 is 1.16 bits per heavy atom. The van der Waals surface area contributed by atoms with Gasteiger partial charge in [0.1, 0.15) is 0 Å². The predicted molar refractivity (Wildman–Crippen MR) is 104 cm³/mol. The van der Waals surface area contributed by atoms with E-state index in [2.05, 4.69) is 57.2 Å². The van der Waals surface area contributed by atoms with Crippen LogP contribution in [0.4, 0.5) is 0 Å². The monoisotopic (exact) mass is 356 g/mol. The number of piperidine rings is 1. The van der Waals surface area contributed by atoms with Gasteiger partial charge in [-0.2, -0.15) is 0 Å². The molecule has 0 spiro atoms. The van der Waals surface area contributed by atoms with Crippen LogP contribution >= 0.6 is 11.8 Å². The fraction of sp³-hybridized carbons (Fsp3) is 0.550. The first kappa shape index (κ1) is 17.1. The zero-order chi connectivity index (χ0) is 17.2. The second-order valence-electron chi connectivity index (χ2n) is 7.51. The highest BCUT2D eigenvalue weighted by Crippen LogP contribution is 2.31. The molecule has 1 N–H and O–H groups in total. The van der Waals surface area contributed by atoms with Crippen molar-refractivity contribution in [1.29, 1.82) is 0 Å². The molecule has 0 radical (unpaired) electrons. The van der Waals surface area contributed by atoms with Gasteiger partial charge in [-0.05, 0) is 43.6 Å². The number of aryl methyl sites for hydroxylation is 1. The first-order chi connectivity index (χ1) is 12.2. The number of aromatic amines is 1. The first-order valence-electron chi connectivity index (χ1n) is 9.30. The highest BCUT2D eigenvalue weighted by Gasteiger charge is 2.35. The molecule has 4 heterocycles. The summed E-state index contributed by atoms with van der Waals surface area (Å²) in [7, 11) is 0. The van der Waals surface area contributed by atoms with Gasteiger partial charge in [0.2, 0.25) is 0 Å². The minimum absolute atomic E-state index is 0.674. The molecule has 5 heteroatoms. The number of hydrogen-bond donors (Lipinski definition) is 1. The lowest BCUT2D eigenvalue weighted by molar-refractivity contribution is 0.122. The molecule has 3 aliphatic rings. The molecule has 3 fully saturated rings. The van der Waals surface area contributed by atoms with E-state index in [9.17, 15) is 0 Å². The molecule has 134 valence electrons. The Morgan fingerprint density at radius 2 is 2.04 bits per heavy atom. The molecule has 25 heavy (non-hydrogen) atoms. The lowest BCUT2D eigenvalue weighted by Gasteiger charge is -2.36. The van der Waals surface area contributed by atoms with E-state index in [0.717, 1.165) is 19.0 Å². The maximum absolute atomic E-state index is 4.51. The van der Waals surface area contributed by atoms with Crippen molar-refractivity contribution in [3.8, 4) is 0 Å². The Kier molecular flexibility index (Phi) is 5.15. The molecule has 2 atom stereocenters. The van der Waals surface area contributed by atoms with Gasteiger partial charge >= 0.3 is 0 Å². The Labute approximate surface area is 155 Å². The number of H-pyrrole nitrogens is 1. The van der Waals surface area contributed by atoms with Crippen molar-refractivity contribution in [2.75, 3.05) is 25.9 Å². The number of imidazole rings is 1. The van der Waals surface area contributed by atoms with Crippen LogP contribution in [0, 0.1) is 12.8 Å². The van der Waals surface area contributed by atoms with E-state index in [4.69, 9.17) is 0 Å². The van der Waals surface area contributed by atoms with E-state index in [-0.39, 0.29) is 0 Å². The Bertz CT molecular complexity index is 713. The van der Waals surface area contributed by atoms with Crippen LogP contribution in [0.5, 0.6) is 0 Å². The quantitative estimate of drug-likeness (QED) is 0.831. The zero-order valence-corrected chi connectivity index (χ0v) is 16.1. The number of rotatable bonds is 5. The third-order valence-corrected chi connectivity index (χ3v) is 6.61. The highest BCUT2D eigenvalue weighted by molar-refractivity contribution is 7.98. The van der Waals surface area contributed by atoms with E-state index >= 15 is 0 Å². The average Bonchev–Trinajstić information content (AvgIpc) is 2.83. The topological polar surface area (TPSA) is 35.2 Å². The summed E-state index contributed by atoms with van der Waals surface area (Å²) < 4.78 is 0. The third kappa shape index (κ3) is 3.78. The van der Waals surface area contributed by atoms with Crippen molar-refractivity contribution < 1.29 is 0 Å². The normalized spacial score (nSPS) is 24.6. The van der Waals surface area contributed by atoms with Crippen LogP contribution in [0.2, 0.25) is 0 Å². The second kappa shape index (κ2) is 7.52. The molecule has 0 saturated carbocycles. The second-order valence-corrected chi connectivity index (χ2v) is 8.35. The van der Waals surface area contributed by atoms with E-state index < -0.39 is 0 Å². The fourth-order valence-corrected chi connectivity index (χ4v) is 5.02. The van der Waals surface area contributed by atoms with E-state index in [1.807, 2.05) is 18.1 Å². The van der Waals surface area contributed by atoms with Crippen LogP contribution in [0.25, 0.3) is 0 Å². The Morgan fingerprint density at radius 3 is 2.84 bits per heavy atom. The third-order valence-electron chi connectivity index (χ3n) is 5.78. The van der Waals surface area contributed by atoms with Crippen LogP contribution < -0.4 is 0 Å². The molecule has 3 saturated heterocycles. The molecule has 4 nitrogen and oxygen atoms in total. The predicted octanol–water partition coefficient (Wildman–Crippen LogP) is 3.54. The van der Waals surface area contributed by atoms with Crippen molar-refractivity contribution in [2.45, 2.75) is 43.8 Å². The van der Waals surface area contributed by atoms with Gasteiger partial charge in [-0.25, -0.2) is 4.98 Å². The fourth-order valence-electron chi connectivity index (χ4n) is 4.41. The van der Waals surface area contributed by atoms with Gasteiger partial charge in [0.05, 0.1) is 12.0 Å². The zero-order valence-electron chi connectivity index (χ0n) is 15.2. The summed E-state index contributed by atoms with van der Waals surface area (Å²) >= 11 is 1.87. The van der Waals surface area contributed by atoms with Crippen LogP contribution in [0.15, 0.2) is 35.5 Å². The molecule has 1 aromatic carbocycles. The maximum atomic E-state index is 4.51. The standard InChI is InChI=1S/C20H28N4S/c1-15-19(22-14-21-15)13-23-9-16-7-8-18(12-23)24(10-16)11-17-5-3-4-6-20(17)25-2/h3-6,14,16,18H,7-13H2,1-2H3,(H,21,22)/t16-,18+/m0/s1. The maximum Gasteiger partial charge on any atom is 0.0925 e. The molecule has 2 aromatic rings. The summed E-state index contributed by atoms with van der Waals surface area (Å²) in [6.45, 7) is 7.82. The van der Waals surface area contributed by atoms with Crippen LogP contribution in [-0.4, -0.2) is 51.7 Å². The smallest absolute Gasteiger partial charge is 0.0925 e. The summed E-state index contributed by atoms with van der Waals surface area (Å²) in [5, 5.41) is 0. The van der Waals surface area contributed by atoms with Crippen molar-refractivity contribution in [2.24, 2.45) is 5.92 Å². The molecular weight excluding hydrogens is 328 g/mol. The molecule has 3 aliphatic heterocycles. The lowest BCUT2D eigenvalue weighted by Crippen LogP contribution is -2.43. The summed E-state index contributed by atoms with van der Waals surface area (Å²) in [6.07, 6.45) is 6.72. The van der Waals surface area contributed by atoms with Gasteiger partial charge in [-0.15, -0.1) is 11.8 Å². The lowest BCUT2D eigenvalue weighted by atomic mass is 9.94. The van der Waals surface area contributed by atoms with Gasteiger partial charge in [0.25, 0.3) is 0 Å². The van der Waals surface area contributed by atoms with Gasteiger partial charge < -0.3 is 4.98 Å². The first-order valence-corrected chi connectivity index (χ1v) is 10.5. The number of fused-ring (bicyclic) bond motifs is 4. The number of nitrogens with one attached hydrogen (secondary N) is 1. The molecule has 0 amide bonds. The van der Waals surface area contributed by atoms with E-state index in [1.165, 1.54) is 54.3 Å². The number of aromatic nitrogens is 2. The van der Waals surface area contributed by atoms with E-state index in [0.29, 0.717) is 6.04 Å². The highest BCUT2D eigenvalue weighted by atomic mass is 32.2. The summed E-state index contributed by atoms with van der Waals surface area (Å²) in [5.41, 5.74) is 3.90. The summed E-state index contributed by atoms with van der Waals surface area (Å²) in [4.78, 5) is 14.5. The van der Waals surface area contributed by atoms with Crippen molar-refractivity contribution in [1.82, 2.24) is 19.8 Å². The minimum Gasteiger partial charge on any atom is -0.348 e.